The Labute approximate surface area is 155 Å². The molecule has 0 saturated carbocycles. The van der Waals surface area contributed by atoms with Crippen molar-refractivity contribution in [1.82, 2.24) is 9.88 Å². The van der Waals surface area contributed by atoms with Crippen LogP contribution < -0.4 is 34.5 Å². The second-order valence-electron chi connectivity index (χ2n) is 3.96. The predicted molar refractivity (Wildman–Crippen MR) is 83.7 cm³/mol. The number of para-hydroxylation sites is 1. The smallest absolute Gasteiger partial charge is 0.639 e. The summed E-state index contributed by atoms with van der Waals surface area (Å²) in [5.41, 5.74) is 1.01. The van der Waals surface area contributed by atoms with Crippen molar-refractivity contribution in [3.63, 3.8) is 0 Å². The minimum Gasteiger partial charge on any atom is -0.639 e. The standard InChI is InChI=1S/C7H5NS2.C6H15NO3.Na/c9-7-8-5-3-1-2-4-6(5)10-7;8-4-1-7(2-5-9)3-6-10;/h1-4H,(H,8,9);8-10H,1-6H2;/q;;+1/p-1. The Morgan fingerprint density at radius 3 is 2.00 bits per heavy atom. The van der Waals surface area contributed by atoms with Crippen molar-refractivity contribution in [2.45, 2.75) is 0 Å². The molecule has 1 heterocycles. The summed E-state index contributed by atoms with van der Waals surface area (Å²) in [6.45, 7) is 1.75. The van der Waals surface area contributed by atoms with Crippen molar-refractivity contribution in [2.75, 3.05) is 39.5 Å². The molecule has 0 aliphatic carbocycles. The van der Waals surface area contributed by atoms with E-state index in [4.69, 9.17) is 27.5 Å². The number of rotatable bonds is 6. The zero-order chi connectivity index (χ0) is 14.8. The van der Waals surface area contributed by atoms with Crippen LogP contribution in [0.25, 0.3) is 10.2 Å². The molecule has 112 valence electrons. The molecule has 2 aromatic rings. The number of hydrogen-bond acceptors (Lipinski definition) is 6. The zero-order valence-electron chi connectivity index (χ0n) is 12.1. The van der Waals surface area contributed by atoms with Gasteiger partial charge in [0.1, 0.15) is 0 Å². The van der Waals surface area contributed by atoms with Gasteiger partial charge in [-0.05, 0) is 10.0 Å². The van der Waals surface area contributed by atoms with Crippen LogP contribution in [0.5, 0.6) is 0 Å². The van der Waals surface area contributed by atoms with Crippen LogP contribution >= 0.6 is 23.6 Å². The summed E-state index contributed by atoms with van der Waals surface area (Å²) in [5, 5.41) is 25.5. The molecule has 1 aromatic heterocycles. The molecule has 1 aromatic carbocycles. The van der Waals surface area contributed by atoms with Crippen LogP contribution in [0.2, 0.25) is 0 Å². The number of hydrogen-bond donors (Lipinski definition) is 3. The van der Waals surface area contributed by atoms with Crippen LogP contribution in [0.15, 0.2) is 24.3 Å². The number of fused-ring (bicyclic) bond motifs is 1. The van der Waals surface area contributed by atoms with E-state index < -0.39 is 0 Å². The number of aliphatic hydroxyl groups excluding tert-OH is 3. The molecule has 0 unspecified atom stereocenters. The topological polar surface area (TPSA) is 78.0 Å². The maximum absolute atomic E-state index is 8.48. The summed E-state index contributed by atoms with van der Waals surface area (Å²) < 4.78 is 1.90. The number of nitrogens with zero attached hydrogens (tertiary/aromatic N) is 2. The third-order valence-electron chi connectivity index (χ3n) is 2.52. The van der Waals surface area contributed by atoms with Gasteiger partial charge in [0.25, 0.3) is 0 Å². The molecule has 0 saturated heterocycles. The maximum atomic E-state index is 8.48. The minimum atomic E-state index is 0. The fraction of sp³-hybridized carbons (Fsp3) is 0.462. The van der Waals surface area contributed by atoms with Crippen LogP contribution in [0, 0.1) is 3.95 Å². The number of aliphatic hydroxyl groups is 3. The molecule has 0 bridgehead atoms. The Kier molecular flexibility index (Phi) is 12.8. The van der Waals surface area contributed by atoms with E-state index in [1.807, 2.05) is 24.3 Å². The summed E-state index contributed by atoms with van der Waals surface area (Å²) in [6, 6.07) is 7.97. The van der Waals surface area contributed by atoms with Gasteiger partial charge in [-0.25, -0.2) is 0 Å². The first kappa shape index (κ1) is 21.2. The summed E-state index contributed by atoms with van der Waals surface area (Å²) >= 11 is 6.48. The van der Waals surface area contributed by atoms with Crippen LogP contribution in [-0.2, 0) is 0 Å². The van der Waals surface area contributed by atoms with Gasteiger partial charge in [0.05, 0.1) is 19.8 Å². The fourth-order valence-electron chi connectivity index (χ4n) is 1.61. The van der Waals surface area contributed by atoms with Crippen LogP contribution in [-0.4, -0.2) is 59.7 Å². The molecule has 8 heteroatoms. The SMILES string of the molecule is OCCN(CCO)CCO.S=c1[n-]c2ccccc2s1.[Na+]. The number of thiazole rings is 1. The van der Waals surface area contributed by atoms with Crippen molar-refractivity contribution in [3.05, 3.63) is 28.2 Å². The van der Waals surface area contributed by atoms with Gasteiger partial charge in [-0.3, -0.25) is 4.90 Å². The fourth-order valence-corrected chi connectivity index (χ4v) is 2.68. The Hall–Kier alpha value is 0.170. The predicted octanol–water partition coefficient (Wildman–Crippen LogP) is -2.14. The van der Waals surface area contributed by atoms with E-state index in [1.165, 1.54) is 4.70 Å². The third kappa shape index (κ3) is 8.39. The molecule has 0 amide bonds. The van der Waals surface area contributed by atoms with Gasteiger partial charge in [-0.15, -0.1) is 5.52 Å². The molecule has 0 aliphatic heterocycles. The second-order valence-corrected chi connectivity index (χ2v) is 5.64. The Morgan fingerprint density at radius 2 is 1.52 bits per heavy atom. The van der Waals surface area contributed by atoms with Gasteiger partial charge in [-0.2, -0.15) is 11.3 Å². The van der Waals surface area contributed by atoms with Gasteiger partial charge in [0, 0.05) is 24.3 Å². The van der Waals surface area contributed by atoms with Gasteiger partial charge >= 0.3 is 29.6 Å². The second kappa shape index (κ2) is 12.7. The van der Waals surface area contributed by atoms with E-state index in [1.54, 1.807) is 16.2 Å². The number of benzene rings is 1. The molecular formula is C13H19N2NaO3S2. The zero-order valence-corrected chi connectivity index (χ0v) is 15.7. The third-order valence-corrected chi connectivity index (χ3v) is 3.70. The van der Waals surface area contributed by atoms with Crippen LogP contribution in [0.3, 0.4) is 0 Å². The van der Waals surface area contributed by atoms with Gasteiger partial charge in [0.2, 0.25) is 0 Å². The molecule has 2 rings (SSSR count). The first-order valence-electron chi connectivity index (χ1n) is 6.28. The van der Waals surface area contributed by atoms with E-state index in [2.05, 4.69) is 4.98 Å². The summed E-state index contributed by atoms with van der Waals surface area (Å²) in [5.74, 6) is 0. The van der Waals surface area contributed by atoms with E-state index in [0.717, 1.165) is 9.47 Å². The Balaban J connectivity index is 0.000000364. The minimum absolute atomic E-state index is 0. The van der Waals surface area contributed by atoms with Crippen molar-refractivity contribution in [3.8, 4) is 0 Å². The average molecular weight is 338 g/mol. The van der Waals surface area contributed by atoms with Crippen molar-refractivity contribution in [2.24, 2.45) is 0 Å². The molecule has 3 N–H and O–H groups in total. The summed E-state index contributed by atoms with van der Waals surface area (Å²) in [7, 11) is 0. The number of aromatic nitrogens is 1. The van der Waals surface area contributed by atoms with E-state index in [0.29, 0.717) is 19.6 Å². The van der Waals surface area contributed by atoms with E-state index in [-0.39, 0.29) is 49.4 Å². The molecule has 0 atom stereocenters. The van der Waals surface area contributed by atoms with Gasteiger partial charge in [-0.1, -0.05) is 30.4 Å². The van der Waals surface area contributed by atoms with E-state index >= 15 is 0 Å². The van der Waals surface area contributed by atoms with Crippen LogP contribution in [0.1, 0.15) is 0 Å². The van der Waals surface area contributed by atoms with E-state index in [9.17, 15) is 0 Å². The summed E-state index contributed by atoms with van der Waals surface area (Å²) in [6.07, 6.45) is 0. The normalized spacial score (nSPS) is 10.1. The molecule has 5 nitrogen and oxygen atoms in total. The van der Waals surface area contributed by atoms with Crippen molar-refractivity contribution < 1.29 is 44.9 Å². The molecule has 0 spiro atoms. The Morgan fingerprint density at radius 1 is 1.00 bits per heavy atom. The van der Waals surface area contributed by atoms with Gasteiger partial charge < -0.3 is 20.3 Å². The monoisotopic (exact) mass is 338 g/mol. The Bertz CT molecular complexity index is 497. The molecule has 21 heavy (non-hydrogen) atoms. The van der Waals surface area contributed by atoms with Crippen molar-refractivity contribution >= 4 is 33.8 Å². The summed E-state index contributed by atoms with van der Waals surface area (Å²) in [4.78, 5) is 5.94. The first-order valence-corrected chi connectivity index (χ1v) is 7.51. The molecular weight excluding hydrogens is 319 g/mol. The van der Waals surface area contributed by atoms with Crippen LogP contribution in [0.4, 0.5) is 0 Å². The first-order chi connectivity index (χ1) is 9.71. The van der Waals surface area contributed by atoms with Crippen molar-refractivity contribution in [1.29, 1.82) is 0 Å². The van der Waals surface area contributed by atoms with Gasteiger partial charge in [0.15, 0.2) is 0 Å². The largest absolute Gasteiger partial charge is 1.00 e. The molecule has 0 fully saturated rings. The molecule has 0 aliphatic rings. The maximum Gasteiger partial charge on any atom is 1.00 e. The quantitative estimate of drug-likeness (QED) is 0.412. The average Bonchev–Trinajstić information content (AvgIpc) is 2.80. The molecule has 0 radical (unpaired) electrons.